The normalized spacial score (nSPS) is 22.0. The van der Waals surface area contributed by atoms with Crippen LogP contribution in [0.1, 0.15) is 30.0 Å². The standard InChI is InChI=1S/C30H31NO7/c1-4-36-28(33)29-20-30(22-10-14-24(34-2)15-11-22,23-12-16-25(35-3)17-13-23)38-37-26(29)19-31(27(29)32)18-21-8-6-5-7-9-21/h5-17,26H,4,18-20H2,1-3H3. The van der Waals surface area contributed by atoms with Crippen LogP contribution in [0.4, 0.5) is 0 Å². The summed E-state index contributed by atoms with van der Waals surface area (Å²) >= 11 is 0. The molecule has 1 amide bonds. The lowest BCUT2D eigenvalue weighted by molar-refractivity contribution is -0.417. The van der Waals surface area contributed by atoms with E-state index in [-0.39, 0.29) is 25.5 Å². The third kappa shape index (κ3) is 4.29. The number of hydrogen-bond donors (Lipinski definition) is 0. The van der Waals surface area contributed by atoms with Gasteiger partial charge in [0, 0.05) is 13.0 Å². The lowest BCUT2D eigenvalue weighted by atomic mass is 9.68. The van der Waals surface area contributed by atoms with Crippen LogP contribution in [-0.2, 0) is 36.2 Å². The minimum atomic E-state index is -1.59. The van der Waals surface area contributed by atoms with E-state index in [0.717, 1.165) is 5.56 Å². The molecule has 0 N–H and O–H groups in total. The van der Waals surface area contributed by atoms with E-state index < -0.39 is 23.1 Å². The molecule has 3 aromatic rings. The topological polar surface area (TPSA) is 83.5 Å². The molecule has 2 fully saturated rings. The van der Waals surface area contributed by atoms with Crippen molar-refractivity contribution in [3.8, 4) is 11.5 Å². The van der Waals surface area contributed by atoms with Gasteiger partial charge >= 0.3 is 5.97 Å². The molecule has 5 rings (SSSR count). The molecular weight excluding hydrogens is 486 g/mol. The first-order valence-electron chi connectivity index (χ1n) is 12.6. The molecule has 2 aliphatic rings. The number of benzene rings is 3. The number of fused-ring (bicyclic) bond motifs is 1. The van der Waals surface area contributed by atoms with Crippen LogP contribution in [0, 0.1) is 5.41 Å². The Morgan fingerprint density at radius 2 is 1.50 bits per heavy atom. The molecule has 0 saturated carbocycles. The average Bonchev–Trinajstić information content (AvgIpc) is 3.24. The first kappa shape index (κ1) is 25.8. The van der Waals surface area contributed by atoms with E-state index in [4.69, 9.17) is 24.0 Å². The Morgan fingerprint density at radius 1 is 0.921 bits per heavy atom. The number of likely N-dealkylation sites (tertiary alicyclic amines) is 1. The number of hydrogen-bond acceptors (Lipinski definition) is 7. The fraction of sp³-hybridized carbons (Fsp3) is 0.333. The summed E-state index contributed by atoms with van der Waals surface area (Å²) in [5.41, 5.74) is -0.501. The predicted molar refractivity (Wildman–Crippen MR) is 138 cm³/mol. The smallest absolute Gasteiger partial charge is 0.324 e. The van der Waals surface area contributed by atoms with Crippen molar-refractivity contribution in [3.63, 3.8) is 0 Å². The van der Waals surface area contributed by atoms with Crippen molar-refractivity contribution >= 4 is 11.9 Å². The molecule has 198 valence electrons. The van der Waals surface area contributed by atoms with Crippen molar-refractivity contribution < 1.29 is 33.6 Å². The van der Waals surface area contributed by atoms with Gasteiger partial charge in [0.15, 0.2) is 11.0 Å². The van der Waals surface area contributed by atoms with E-state index in [0.29, 0.717) is 29.2 Å². The van der Waals surface area contributed by atoms with Crippen LogP contribution in [0.15, 0.2) is 78.9 Å². The summed E-state index contributed by atoms with van der Waals surface area (Å²) < 4.78 is 16.2. The van der Waals surface area contributed by atoms with Gasteiger partial charge in [0.25, 0.3) is 0 Å². The van der Waals surface area contributed by atoms with E-state index in [9.17, 15) is 9.59 Å². The van der Waals surface area contributed by atoms with Crippen molar-refractivity contribution in [2.24, 2.45) is 5.41 Å². The molecule has 0 bridgehead atoms. The summed E-state index contributed by atoms with van der Waals surface area (Å²) in [5, 5.41) is 0. The maximum Gasteiger partial charge on any atom is 0.324 e. The zero-order valence-electron chi connectivity index (χ0n) is 21.7. The Balaban J connectivity index is 1.62. The SMILES string of the molecule is CCOC(=O)C12CC(c3ccc(OC)cc3)(c3ccc(OC)cc3)OOC1CN(Cc1ccccc1)C2=O. The number of esters is 1. The van der Waals surface area contributed by atoms with Crippen molar-refractivity contribution in [1.29, 1.82) is 0 Å². The van der Waals surface area contributed by atoms with Gasteiger partial charge in [0.1, 0.15) is 17.6 Å². The summed E-state index contributed by atoms with van der Waals surface area (Å²) in [5.74, 6) is 0.387. The van der Waals surface area contributed by atoms with Gasteiger partial charge in [-0.3, -0.25) is 9.59 Å². The maximum atomic E-state index is 14.2. The summed E-state index contributed by atoms with van der Waals surface area (Å²) in [6.07, 6.45) is -0.825. The fourth-order valence-corrected chi connectivity index (χ4v) is 5.40. The fourth-order valence-electron chi connectivity index (χ4n) is 5.40. The summed E-state index contributed by atoms with van der Waals surface area (Å²) in [6.45, 7) is 2.41. The Morgan fingerprint density at radius 3 is 2.03 bits per heavy atom. The Labute approximate surface area is 221 Å². The molecule has 0 aromatic heterocycles. The van der Waals surface area contributed by atoms with Gasteiger partial charge in [-0.15, -0.1) is 0 Å². The number of ether oxygens (including phenoxy) is 3. The van der Waals surface area contributed by atoms with Crippen LogP contribution in [0.25, 0.3) is 0 Å². The van der Waals surface area contributed by atoms with Crippen molar-refractivity contribution in [1.82, 2.24) is 4.90 Å². The van der Waals surface area contributed by atoms with E-state index in [1.165, 1.54) is 0 Å². The second-order valence-corrected chi connectivity index (χ2v) is 9.49. The predicted octanol–water partition coefficient (Wildman–Crippen LogP) is 4.26. The molecule has 0 spiro atoms. The minimum Gasteiger partial charge on any atom is -0.497 e. The van der Waals surface area contributed by atoms with E-state index >= 15 is 0 Å². The largest absolute Gasteiger partial charge is 0.497 e. The highest BCUT2D eigenvalue weighted by atomic mass is 17.2. The second kappa shape index (κ2) is 10.5. The van der Waals surface area contributed by atoms with Gasteiger partial charge in [-0.05, 0) is 47.9 Å². The van der Waals surface area contributed by atoms with Crippen LogP contribution >= 0.6 is 0 Å². The molecule has 2 atom stereocenters. The Kier molecular flexibility index (Phi) is 7.10. The third-order valence-corrected chi connectivity index (χ3v) is 7.41. The number of amides is 1. The van der Waals surface area contributed by atoms with Gasteiger partial charge < -0.3 is 19.1 Å². The van der Waals surface area contributed by atoms with E-state index in [1.54, 1.807) is 26.0 Å². The molecular formula is C30H31NO7. The molecule has 8 nitrogen and oxygen atoms in total. The van der Waals surface area contributed by atoms with Crippen molar-refractivity contribution in [2.75, 3.05) is 27.4 Å². The van der Waals surface area contributed by atoms with Gasteiger partial charge in [-0.25, -0.2) is 9.78 Å². The van der Waals surface area contributed by atoms with Crippen LogP contribution < -0.4 is 9.47 Å². The van der Waals surface area contributed by atoms with Crippen LogP contribution in [0.3, 0.4) is 0 Å². The Hall–Kier alpha value is -3.88. The first-order valence-corrected chi connectivity index (χ1v) is 12.6. The maximum absolute atomic E-state index is 14.2. The summed E-state index contributed by atoms with van der Waals surface area (Å²) in [7, 11) is 3.18. The van der Waals surface area contributed by atoms with Gasteiger partial charge in [-0.1, -0.05) is 54.6 Å². The Bertz CT molecular complexity index is 1230. The molecule has 2 aliphatic heterocycles. The highest BCUT2D eigenvalue weighted by Crippen LogP contribution is 2.54. The highest BCUT2D eigenvalue weighted by molar-refractivity contribution is 6.05. The van der Waals surface area contributed by atoms with Crippen LogP contribution in [-0.4, -0.2) is 50.3 Å². The highest BCUT2D eigenvalue weighted by Gasteiger charge is 2.68. The lowest BCUT2D eigenvalue weighted by Gasteiger charge is -2.45. The first-order chi connectivity index (χ1) is 18.5. The number of carbonyl (C=O) groups is 2. The van der Waals surface area contributed by atoms with E-state index in [1.807, 2.05) is 78.9 Å². The molecule has 8 heteroatoms. The van der Waals surface area contributed by atoms with Gasteiger partial charge in [0.05, 0.1) is 27.4 Å². The molecule has 2 heterocycles. The van der Waals surface area contributed by atoms with Crippen LogP contribution in [0.5, 0.6) is 11.5 Å². The second-order valence-electron chi connectivity index (χ2n) is 9.49. The number of rotatable bonds is 8. The molecule has 0 radical (unpaired) electrons. The molecule has 38 heavy (non-hydrogen) atoms. The number of methoxy groups -OCH3 is 2. The zero-order chi connectivity index (χ0) is 26.8. The molecule has 2 saturated heterocycles. The quantitative estimate of drug-likeness (QED) is 0.251. The third-order valence-electron chi connectivity index (χ3n) is 7.41. The van der Waals surface area contributed by atoms with Crippen LogP contribution in [0.2, 0.25) is 0 Å². The van der Waals surface area contributed by atoms with Crippen molar-refractivity contribution in [3.05, 3.63) is 95.6 Å². The number of carbonyl (C=O) groups excluding carboxylic acids is 2. The minimum absolute atomic E-state index is 0.00623. The average molecular weight is 518 g/mol. The van der Waals surface area contributed by atoms with Gasteiger partial charge in [0.2, 0.25) is 5.91 Å². The molecule has 3 aromatic carbocycles. The number of nitrogens with zero attached hydrogens (tertiary/aromatic N) is 1. The molecule has 2 unspecified atom stereocenters. The van der Waals surface area contributed by atoms with E-state index in [2.05, 4.69) is 0 Å². The van der Waals surface area contributed by atoms with Gasteiger partial charge in [-0.2, -0.15) is 0 Å². The summed E-state index contributed by atoms with van der Waals surface area (Å²) in [4.78, 5) is 41.8. The van der Waals surface area contributed by atoms with Crippen molar-refractivity contribution in [2.45, 2.75) is 31.6 Å². The summed E-state index contributed by atoms with van der Waals surface area (Å²) in [6, 6.07) is 24.3. The zero-order valence-corrected chi connectivity index (χ0v) is 21.7. The molecule has 0 aliphatic carbocycles. The monoisotopic (exact) mass is 517 g/mol. The lowest BCUT2D eigenvalue weighted by Crippen LogP contribution is -2.57.